The first-order valence-corrected chi connectivity index (χ1v) is 12.1. The minimum Gasteiger partial charge on any atom is -0.465 e. The Morgan fingerprint density at radius 2 is 1.75 bits per heavy atom. The maximum absolute atomic E-state index is 12.7. The molecule has 0 saturated heterocycles. The van der Waals surface area contributed by atoms with E-state index in [0.717, 1.165) is 43.2 Å². The van der Waals surface area contributed by atoms with Crippen molar-refractivity contribution in [3.05, 3.63) is 51.7 Å². The average molecular weight is 459 g/mol. The lowest BCUT2D eigenvalue weighted by Gasteiger charge is -2.32. The van der Waals surface area contributed by atoms with Crippen LogP contribution >= 0.6 is 12.2 Å². The Kier molecular flexibility index (Phi) is 9.88. The molecule has 1 heterocycles. The van der Waals surface area contributed by atoms with Crippen molar-refractivity contribution in [1.82, 2.24) is 9.55 Å². The summed E-state index contributed by atoms with van der Waals surface area (Å²) >= 11 is 5.34. The molecule has 176 valence electrons. The highest BCUT2D eigenvalue weighted by Crippen LogP contribution is 2.35. The smallest absolute Gasteiger partial charge is 0.326 e. The predicted octanol–water partition coefficient (Wildman–Crippen LogP) is 6.38. The van der Waals surface area contributed by atoms with Gasteiger partial charge in [0, 0.05) is 18.3 Å². The Bertz CT molecular complexity index is 979. The molecule has 0 radical (unpaired) electrons. The molecule has 1 aromatic heterocycles. The lowest BCUT2D eigenvalue weighted by atomic mass is 9.73. The SMILES string of the molecule is CC(C)CC(C)(C(=O)OCCCCCCn1cc(-c2ccccc2)c(=S)[nH]c1=O)C(C)C. The summed E-state index contributed by atoms with van der Waals surface area (Å²) in [5.74, 6) is 0.614. The number of ether oxygens (including phenoxy) is 1. The number of carbonyl (C=O) groups is 1. The molecular formula is C26H38N2O3S. The second kappa shape index (κ2) is 12.1. The van der Waals surface area contributed by atoms with E-state index in [4.69, 9.17) is 17.0 Å². The maximum atomic E-state index is 12.7. The molecule has 0 spiro atoms. The fourth-order valence-corrected chi connectivity index (χ4v) is 4.23. The van der Waals surface area contributed by atoms with Gasteiger partial charge in [-0.2, -0.15) is 0 Å². The van der Waals surface area contributed by atoms with E-state index in [0.29, 0.717) is 23.7 Å². The number of nitrogens with one attached hydrogen (secondary N) is 1. The van der Waals surface area contributed by atoms with Crippen LogP contribution < -0.4 is 5.69 Å². The van der Waals surface area contributed by atoms with Gasteiger partial charge in [0.25, 0.3) is 0 Å². The predicted molar refractivity (Wildman–Crippen MR) is 133 cm³/mol. The van der Waals surface area contributed by atoms with Gasteiger partial charge in [0.05, 0.1) is 12.0 Å². The molecule has 0 saturated carbocycles. The molecule has 0 aliphatic rings. The number of carbonyl (C=O) groups excluding carboxylic acids is 1. The second-order valence-electron chi connectivity index (χ2n) is 9.58. The van der Waals surface area contributed by atoms with Gasteiger partial charge in [-0.1, -0.05) is 76.7 Å². The number of unbranched alkanes of at least 4 members (excludes halogenated alkanes) is 3. The van der Waals surface area contributed by atoms with Crippen LogP contribution in [0.1, 0.15) is 66.7 Å². The number of H-pyrrole nitrogens is 1. The minimum absolute atomic E-state index is 0.0827. The monoisotopic (exact) mass is 458 g/mol. The fraction of sp³-hybridized carbons (Fsp3) is 0.577. The van der Waals surface area contributed by atoms with Gasteiger partial charge < -0.3 is 9.30 Å². The van der Waals surface area contributed by atoms with Gasteiger partial charge in [0.15, 0.2) is 0 Å². The summed E-state index contributed by atoms with van der Waals surface area (Å²) in [7, 11) is 0. The van der Waals surface area contributed by atoms with Gasteiger partial charge in [-0.3, -0.25) is 9.78 Å². The van der Waals surface area contributed by atoms with E-state index in [1.54, 1.807) is 4.57 Å². The topological polar surface area (TPSA) is 64.1 Å². The zero-order valence-electron chi connectivity index (χ0n) is 20.1. The first-order valence-electron chi connectivity index (χ1n) is 11.7. The molecule has 5 nitrogen and oxygen atoms in total. The summed E-state index contributed by atoms with van der Waals surface area (Å²) in [6.45, 7) is 11.6. The molecule has 0 aliphatic carbocycles. The van der Waals surface area contributed by atoms with E-state index < -0.39 is 5.41 Å². The lowest BCUT2D eigenvalue weighted by Crippen LogP contribution is -2.36. The van der Waals surface area contributed by atoms with Crippen LogP contribution in [0.25, 0.3) is 11.1 Å². The Balaban J connectivity index is 1.79. The standard InChI is InChI=1S/C26H38N2O3S/c1-19(2)17-26(5,20(3)4)24(29)31-16-12-7-6-11-15-28-18-22(23(32)27-25(28)30)21-13-9-8-10-14-21/h8-10,13-14,18-20H,6-7,11-12,15-17H2,1-5H3,(H,27,30,32). The van der Waals surface area contributed by atoms with Gasteiger partial charge >= 0.3 is 11.7 Å². The van der Waals surface area contributed by atoms with E-state index in [2.05, 4.69) is 32.7 Å². The summed E-state index contributed by atoms with van der Waals surface area (Å²) in [5, 5.41) is 0. The number of aromatic amines is 1. The Hall–Kier alpha value is -2.21. The number of aromatic nitrogens is 2. The number of hydrogen-bond donors (Lipinski definition) is 1. The van der Waals surface area contributed by atoms with Crippen LogP contribution in [0.3, 0.4) is 0 Å². The largest absolute Gasteiger partial charge is 0.465 e. The molecule has 1 N–H and O–H groups in total. The van der Waals surface area contributed by atoms with Gasteiger partial charge in [-0.15, -0.1) is 0 Å². The molecule has 1 aromatic carbocycles. The molecule has 32 heavy (non-hydrogen) atoms. The van der Waals surface area contributed by atoms with Gasteiger partial charge in [-0.25, -0.2) is 4.79 Å². The quantitative estimate of drug-likeness (QED) is 0.227. The van der Waals surface area contributed by atoms with Crippen molar-refractivity contribution in [2.75, 3.05) is 6.61 Å². The van der Waals surface area contributed by atoms with Gasteiger partial charge in [0.1, 0.15) is 4.64 Å². The Morgan fingerprint density at radius 3 is 2.38 bits per heavy atom. The minimum atomic E-state index is -0.431. The van der Waals surface area contributed by atoms with Crippen LogP contribution in [0.2, 0.25) is 0 Å². The van der Waals surface area contributed by atoms with Gasteiger partial charge in [0.2, 0.25) is 0 Å². The van der Waals surface area contributed by atoms with Crippen molar-refractivity contribution >= 4 is 18.2 Å². The van der Waals surface area contributed by atoms with Crippen LogP contribution in [0, 0.1) is 21.9 Å². The first kappa shape index (κ1) is 26.0. The van der Waals surface area contributed by atoms with Crippen molar-refractivity contribution in [2.45, 2.75) is 73.3 Å². The zero-order valence-corrected chi connectivity index (χ0v) is 21.0. The number of nitrogens with zero attached hydrogens (tertiary/aromatic N) is 1. The summed E-state index contributed by atoms with van der Waals surface area (Å²) < 4.78 is 7.78. The summed E-state index contributed by atoms with van der Waals surface area (Å²) in [6.07, 6.45) is 6.32. The molecule has 6 heteroatoms. The third-order valence-electron chi connectivity index (χ3n) is 6.20. The molecule has 2 aromatic rings. The third kappa shape index (κ3) is 7.16. The van der Waals surface area contributed by atoms with Crippen molar-refractivity contribution in [2.24, 2.45) is 17.3 Å². The average Bonchev–Trinajstić information content (AvgIpc) is 2.74. The number of aryl methyl sites for hydroxylation is 1. The Morgan fingerprint density at radius 1 is 1.09 bits per heavy atom. The molecular weight excluding hydrogens is 420 g/mol. The summed E-state index contributed by atoms with van der Waals surface area (Å²) in [4.78, 5) is 27.7. The number of esters is 1. The fourth-order valence-electron chi connectivity index (χ4n) is 3.97. The molecule has 1 unspecified atom stereocenters. The van der Waals surface area contributed by atoms with E-state index >= 15 is 0 Å². The molecule has 0 fully saturated rings. The highest BCUT2D eigenvalue weighted by Gasteiger charge is 2.38. The third-order valence-corrected chi connectivity index (χ3v) is 6.52. The van der Waals surface area contributed by atoms with Crippen LogP contribution in [0.5, 0.6) is 0 Å². The van der Waals surface area contributed by atoms with E-state index in [1.165, 1.54) is 0 Å². The van der Waals surface area contributed by atoms with Crippen LogP contribution in [0.15, 0.2) is 41.3 Å². The van der Waals surface area contributed by atoms with E-state index in [-0.39, 0.29) is 17.6 Å². The molecule has 0 aliphatic heterocycles. The van der Waals surface area contributed by atoms with Gasteiger partial charge in [-0.05, 0) is 50.0 Å². The number of benzene rings is 1. The highest BCUT2D eigenvalue weighted by atomic mass is 32.1. The van der Waals surface area contributed by atoms with Crippen molar-refractivity contribution < 1.29 is 9.53 Å². The lowest BCUT2D eigenvalue weighted by molar-refractivity contribution is -0.159. The van der Waals surface area contributed by atoms with E-state index in [1.807, 2.05) is 43.5 Å². The normalized spacial score (nSPS) is 13.3. The Labute approximate surface area is 197 Å². The molecule has 2 rings (SSSR count). The van der Waals surface area contributed by atoms with Crippen molar-refractivity contribution in [3.8, 4) is 11.1 Å². The molecule has 0 bridgehead atoms. The van der Waals surface area contributed by atoms with Crippen molar-refractivity contribution in [3.63, 3.8) is 0 Å². The number of hydrogen-bond acceptors (Lipinski definition) is 4. The van der Waals surface area contributed by atoms with Crippen molar-refractivity contribution in [1.29, 1.82) is 0 Å². The van der Waals surface area contributed by atoms with Crippen LogP contribution in [-0.2, 0) is 16.1 Å². The van der Waals surface area contributed by atoms with E-state index in [9.17, 15) is 9.59 Å². The van der Waals surface area contributed by atoms with Crippen LogP contribution in [0.4, 0.5) is 0 Å². The zero-order chi connectivity index (χ0) is 23.7. The summed E-state index contributed by atoms with van der Waals surface area (Å²) in [6, 6.07) is 9.84. The summed E-state index contributed by atoms with van der Waals surface area (Å²) in [5.41, 5.74) is 1.25. The maximum Gasteiger partial charge on any atom is 0.326 e. The highest BCUT2D eigenvalue weighted by molar-refractivity contribution is 7.71. The number of rotatable bonds is 12. The second-order valence-corrected chi connectivity index (χ2v) is 9.99. The molecule has 1 atom stereocenters. The first-order chi connectivity index (χ1) is 15.1. The van der Waals surface area contributed by atoms with Crippen LogP contribution in [-0.4, -0.2) is 22.1 Å². The molecule has 0 amide bonds.